The first-order chi connectivity index (χ1) is 15.6. The van der Waals surface area contributed by atoms with Gasteiger partial charge >= 0.3 is 0 Å². The van der Waals surface area contributed by atoms with Gasteiger partial charge in [0.1, 0.15) is 11.5 Å². The van der Waals surface area contributed by atoms with Crippen molar-refractivity contribution in [2.45, 2.75) is 19.3 Å². The van der Waals surface area contributed by atoms with Crippen LogP contribution in [0.3, 0.4) is 0 Å². The number of carbonyl (C=O) groups is 1. The van der Waals surface area contributed by atoms with Gasteiger partial charge in [-0.05, 0) is 71.2 Å². The van der Waals surface area contributed by atoms with Crippen LogP contribution in [-0.2, 0) is 4.79 Å². The molecule has 1 aliphatic rings. The molecule has 4 aromatic rings. The number of nitrogens with one attached hydrogen (secondary N) is 1. The quantitative estimate of drug-likeness (QED) is 0.391. The van der Waals surface area contributed by atoms with Crippen molar-refractivity contribution in [3.8, 4) is 17.0 Å². The summed E-state index contributed by atoms with van der Waals surface area (Å²) in [7, 11) is 1.67. The Morgan fingerprint density at radius 2 is 1.62 bits per heavy atom. The molecule has 3 nitrogen and oxygen atoms in total. The van der Waals surface area contributed by atoms with E-state index < -0.39 is 0 Å². The van der Waals surface area contributed by atoms with E-state index in [4.69, 9.17) is 4.74 Å². The number of hydrogen-bond donors (Lipinski definition) is 1. The first kappa shape index (κ1) is 20.1. The average Bonchev–Trinajstić information content (AvgIpc) is 3.22. The van der Waals surface area contributed by atoms with Crippen LogP contribution in [-0.4, -0.2) is 17.9 Å². The number of ketones is 1. The molecule has 1 aliphatic carbocycles. The van der Waals surface area contributed by atoms with Crippen molar-refractivity contribution < 1.29 is 9.53 Å². The van der Waals surface area contributed by atoms with Crippen LogP contribution in [0.4, 0.5) is 0 Å². The van der Waals surface area contributed by atoms with Crippen molar-refractivity contribution in [3.05, 3.63) is 113 Å². The molecule has 32 heavy (non-hydrogen) atoms. The van der Waals surface area contributed by atoms with E-state index in [-0.39, 0.29) is 11.7 Å². The Morgan fingerprint density at radius 1 is 0.906 bits per heavy atom. The summed E-state index contributed by atoms with van der Waals surface area (Å²) in [5, 5.41) is 0. The molecule has 1 atom stereocenters. The van der Waals surface area contributed by atoms with Gasteiger partial charge in [-0.1, -0.05) is 54.6 Å². The van der Waals surface area contributed by atoms with Crippen molar-refractivity contribution in [2.75, 3.05) is 7.11 Å². The second-order valence-corrected chi connectivity index (χ2v) is 8.25. The molecule has 1 aromatic heterocycles. The Bertz CT molecular complexity index is 1300. The van der Waals surface area contributed by atoms with Crippen LogP contribution < -0.4 is 4.74 Å². The maximum Gasteiger partial charge on any atom is 0.130 e. The lowest BCUT2D eigenvalue weighted by Gasteiger charge is -2.17. The number of Topliss-reactive ketones (excluding diaryl/α,β-unsaturated/α-hetero) is 1. The smallest absolute Gasteiger partial charge is 0.130 e. The second-order valence-electron chi connectivity index (χ2n) is 8.25. The summed E-state index contributed by atoms with van der Waals surface area (Å²) in [6.07, 6.45) is 2.72. The molecule has 3 heteroatoms. The molecule has 0 fully saturated rings. The molecule has 0 amide bonds. The predicted octanol–water partition coefficient (Wildman–Crippen LogP) is 6.70. The van der Waals surface area contributed by atoms with Crippen LogP contribution >= 0.6 is 0 Å². The highest BCUT2D eigenvalue weighted by Crippen LogP contribution is 2.43. The highest BCUT2D eigenvalue weighted by Gasteiger charge is 2.28. The summed E-state index contributed by atoms with van der Waals surface area (Å²) < 4.78 is 5.32. The fraction of sp³-hybridized carbons (Fsp3) is 0.138. The van der Waals surface area contributed by atoms with E-state index in [1.807, 2.05) is 18.2 Å². The summed E-state index contributed by atoms with van der Waals surface area (Å²) in [6, 6.07) is 29.1. The monoisotopic (exact) mass is 419 g/mol. The minimum Gasteiger partial charge on any atom is -0.497 e. The standard InChI is InChI=1S/C29H25NO2/c1-19(31)16-26-24-11-7-6-10-22(24)17-25(20-8-4-3-5-9-20)27-18-28(30-29(26)27)21-12-14-23(32-2)15-13-21/h3-15,17-18,26,30H,16H2,1-2H3/t26-/m1/s1. The van der Waals surface area contributed by atoms with E-state index in [0.29, 0.717) is 6.42 Å². The Hall–Kier alpha value is -3.85. The number of methoxy groups -OCH3 is 1. The molecule has 0 bridgehead atoms. The van der Waals surface area contributed by atoms with E-state index in [1.165, 1.54) is 5.56 Å². The zero-order chi connectivity index (χ0) is 22.1. The number of aromatic nitrogens is 1. The average molecular weight is 420 g/mol. The van der Waals surface area contributed by atoms with Gasteiger partial charge in [0.15, 0.2) is 0 Å². The van der Waals surface area contributed by atoms with Gasteiger partial charge in [-0.2, -0.15) is 0 Å². The van der Waals surface area contributed by atoms with Gasteiger partial charge < -0.3 is 9.72 Å². The van der Waals surface area contributed by atoms with Crippen molar-refractivity contribution in [1.29, 1.82) is 0 Å². The predicted molar refractivity (Wildman–Crippen MR) is 130 cm³/mol. The van der Waals surface area contributed by atoms with Gasteiger partial charge in [0, 0.05) is 29.3 Å². The molecular formula is C29H25NO2. The molecule has 1 N–H and O–H groups in total. The summed E-state index contributed by atoms with van der Waals surface area (Å²) in [6.45, 7) is 1.67. The first-order valence-corrected chi connectivity index (χ1v) is 10.9. The number of hydrogen-bond acceptors (Lipinski definition) is 2. The van der Waals surface area contributed by atoms with E-state index in [1.54, 1.807) is 14.0 Å². The van der Waals surface area contributed by atoms with Crippen LogP contribution in [0.2, 0.25) is 0 Å². The number of carbonyl (C=O) groups excluding carboxylic acids is 1. The third kappa shape index (κ3) is 3.67. The zero-order valence-electron chi connectivity index (χ0n) is 18.3. The number of benzene rings is 3. The van der Waals surface area contributed by atoms with Crippen LogP contribution in [0.5, 0.6) is 5.75 Å². The molecule has 0 saturated carbocycles. The van der Waals surface area contributed by atoms with E-state index in [0.717, 1.165) is 45.0 Å². The molecule has 0 aliphatic heterocycles. The van der Waals surface area contributed by atoms with Crippen LogP contribution in [0.15, 0.2) is 84.9 Å². The maximum atomic E-state index is 12.3. The van der Waals surface area contributed by atoms with Crippen LogP contribution in [0.25, 0.3) is 22.9 Å². The van der Waals surface area contributed by atoms with Gasteiger partial charge in [0.05, 0.1) is 7.11 Å². The summed E-state index contributed by atoms with van der Waals surface area (Å²) in [5.74, 6) is 0.984. The first-order valence-electron chi connectivity index (χ1n) is 10.9. The van der Waals surface area contributed by atoms with E-state index in [9.17, 15) is 4.79 Å². The molecule has 0 radical (unpaired) electrons. The van der Waals surface area contributed by atoms with Crippen molar-refractivity contribution >= 4 is 17.4 Å². The third-order valence-electron chi connectivity index (χ3n) is 6.14. The summed E-state index contributed by atoms with van der Waals surface area (Å²) in [5.41, 5.74) is 9.01. The Morgan fingerprint density at radius 3 is 2.34 bits per heavy atom. The minimum atomic E-state index is -0.0249. The molecule has 0 unspecified atom stereocenters. The molecular weight excluding hydrogens is 394 g/mol. The SMILES string of the molecule is COc1ccc(-c2cc3c([nH]2)[C@H](CC(C)=O)c2ccccc2C=C3c2ccccc2)cc1. The number of rotatable bonds is 5. The van der Waals surface area contributed by atoms with E-state index >= 15 is 0 Å². The van der Waals surface area contributed by atoms with Gasteiger partial charge in [-0.15, -0.1) is 0 Å². The minimum absolute atomic E-state index is 0.0249. The van der Waals surface area contributed by atoms with Crippen LogP contribution in [0, 0.1) is 0 Å². The summed E-state index contributed by atoms with van der Waals surface area (Å²) in [4.78, 5) is 16.0. The largest absolute Gasteiger partial charge is 0.497 e. The lowest BCUT2D eigenvalue weighted by Crippen LogP contribution is -2.08. The van der Waals surface area contributed by atoms with Gasteiger partial charge in [0.2, 0.25) is 0 Å². The highest BCUT2D eigenvalue weighted by molar-refractivity contribution is 5.96. The molecule has 158 valence electrons. The van der Waals surface area contributed by atoms with Crippen LogP contribution in [0.1, 0.15) is 47.2 Å². The molecule has 0 spiro atoms. The van der Waals surface area contributed by atoms with Crippen molar-refractivity contribution in [2.24, 2.45) is 0 Å². The molecule has 0 saturated heterocycles. The van der Waals surface area contributed by atoms with Gasteiger partial charge in [-0.25, -0.2) is 0 Å². The Labute approximate surface area is 188 Å². The summed E-state index contributed by atoms with van der Waals surface area (Å²) >= 11 is 0. The topological polar surface area (TPSA) is 42.1 Å². The lowest BCUT2D eigenvalue weighted by atomic mass is 9.87. The second kappa shape index (κ2) is 8.35. The van der Waals surface area contributed by atoms with Gasteiger partial charge in [-0.3, -0.25) is 4.79 Å². The molecule has 1 heterocycles. The fourth-order valence-corrected chi connectivity index (χ4v) is 4.60. The van der Waals surface area contributed by atoms with E-state index in [2.05, 4.69) is 77.8 Å². The molecule has 5 rings (SSSR count). The number of H-pyrrole nitrogens is 1. The number of fused-ring (bicyclic) bond motifs is 2. The lowest BCUT2D eigenvalue weighted by molar-refractivity contribution is -0.117. The Balaban J connectivity index is 1.74. The third-order valence-corrected chi connectivity index (χ3v) is 6.14. The Kier molecular flexibility index (Phi) is 5.24. The zero-order valence-corrected chi connectivity index (χ0v) is 18.3. The van der Waals surface area contributed by atoms with Crippen molar-refractivity contribution in [3.63, 3.8) is 0 Å². The highest BCUT2D eigenvalue weighted by atomic mass is 16.5. The normalized spacial score (nSPS) is 14.7. The van der Waals surface area contributed by atoms with Crippen molar-refractivity contribution in [1.82, 2.24) is 4.98 Å². The number of aromatic amines is 1. The molecule has 3 aromatic carbocycles. The van der Waals surface area contributed by atoms with Gasteiger partial charge in [0.25, 0.3) is 0 Å². The number of ether oxygens (including phenoxy) is 1. The maximum absolute atomic E-state index is 12.3. The fourth-order valence-electron chi connectivity index (χ4n) is 4.60.